The topological polar surface area (TPSA) is 164 Å². The minimum Gasteiger partial charge on any atom is -0.481 e. The number of hydrogen-bond acceptors (Lipinski definition) is 5. The van der Waals surface area contributed by atoms with Crippen molar-refractivity contribution >= 4 is 19.5 Å². The fourth-order valence-corrected chi connectivity index (χ4v) is 10.7. The van der Waals surface area contributed by atoms with E-state index in [-0.39, 0.29) is 41.8 Å². The smallest absolute Gasteiger partial charge is 0.326 e. The Balaban J connectivity index is 1.30. The van der Waals surface area contributed by atoms with Crippen LogP contribution in [0, 0.1) is 52.3 Å². The van der Waals surface area contributed by atoms with Gasteiger partial charge in [0.2, 0.25) is 5.91 Å². The van der Waals surface area contributed by atoms with Crippen molar-refractivity contribution in [1.82, 2.24) is 5.32 Å². The normalized spacial score (nSPS) is 41.6. The van der Waals surface area contributed by atoms with E-state index in [9.17, 15) is 29.5 Å². The second-order valence-corrected chi connectivity index (χ2v) is 15.7. The highest BCUT2D eigenvalue weighted by Gasteiger charge is 2.62. The van der Waals surface area contributed by atoms with Crippen LogP contribution in [-0.2, 0) is 14.2 Å². The Labute approximate surface area is 232 Å². The minimum atomic E-state index is -4.47. The molecule has 4 rings (SSSR count). The van der Waals surface area contributed by atoms with Gasteiger partial charge in [-0.05, 0) is 111 Å². The maximum Gasteiger partial charge on any atom is 0.326 e. The Morgan fingerprint density at radius 1 is 0.974 bits per heavy atom. The Morgan fingerprint density at radius 3 is 2.31 bits per heavy atom. The largest absolute Gasteiger partial charge is 0.481 e. The van der Waals surface area contributed by atoms with Crippen LogP contribution in [0.3, 0.4) is 0 Å². The molecule has 224 valence electrons. The van der Waals surface area contributed by atoms with Crippen molar-refractivity contribution in [3.05, 3.63) is 0 Å². The molecule has 1 amide bonds. The molecule has 6 unspecified atom stereocenters. The minimum absolute atomic E-state index is 0.0771. The summed E-state index contributed by atoms with van der Waals surface area (Å²) in [5.41, 5.74) is 0.379. The summed E-state index contributed by atoms with van der Waals surface area (Å²) in [5, 5.41) is 33.8. The molecule has 4 fully saturated rings. The molecule has 4 saturated carbocycles. The van der Waals surface area contributed by atoms with Crippen molar-refractivity contribution in [2.24, 2.45) is 52.3 Å². The fraction of sp³-hybridized carbons (Fsp3) is 0.931. The molecule has 0 bridgehead atoms. The summed E-state index contributed by atoms with van der Waals surface area (Å²) in [4.78, 5) is 41.8. The standard InChI is InChI=1S/C29H50NO8P/c1-17(10-13-30-25(33)7-4-18(27(34)35)16-39(36,37)38)21-5-6-22-26-23(9-12-29(21,22)3)28(2)11-8-20(31)14-19(28)15-24(26)32/h17-24,26,31-32H,4-16H2,1-3H3,(H,30,33)(H,34,35)(H2,36,37,38)/t17?,18?,19?,20-,21-,22?,23?,24+,26?,28+,29-/m1/s1. The van der Waals surface area contributed by atoms with Crippen LogP contribution >= 0.6 is 7.60 Å². The molecule has 0 aromatic heterocycles. The number of rotatable bonds is 10. The predicted molar refractivity (Wildman–Crippen MR) is 147 cm³/mol. The summed E-state index contributed by atoms with van der Waals surface area (Å²) in [6, 6.07) is 0. The lowest BCUT2D eigenvalue weighted by atomic mass is 9.43. The van der Waals surface area contributed by atoms with Gasteiger partial charge in [0.05, 0.1) is 24.3 Å². The van der Waals surface area contributed by atoms with Gasteiger partial charge in [-0.25, -0.2) is 0 Å². The molecule has 11 atom stereocenters. The van der Waals surface area contributed by atoms with E-state index in [0.717, 1.165) is 57.8 Å². The molecule has 0 saturated heterocycles. The van der Waals surface area contributed by atoms with Crippen LogP contribution in [0.15, 0.2) is 0 Å². The van der Waals surface area contributed by atoms with E-state index in [1.54, 1.807) is 0 Å². The lowest BCUT2D eigenvalue weighted by Gasteiger charge is -2.62. The van der Waals surface area contributed by atoms with E-state index in [0.29, 0.717) is 42.1 Å². The Bertz CT molecular complexity index is 956. The van der Waals surface area contributed by atoms with Crippen LogP contribution < -0.4 is 5.32 Å². The molecule has 0 aromatic rings. The third-order valence-electron chi connectivity index (χ3n) is 11.9. The monoisotopic (exact) mass is 571 g/mol. The van der Waals surface area contributed by atoms with Gasteiger partial charge >= 0.3 is 13.6 Å². The van der Waals surface area contributed by atoms with E-state index in [1.165, 1.54) is 0 Å². The van der Waals surface area contributed by atoms with Crippen molar-refractivity contribution in [2.45, 2.75) is 104 Å². The summed E-state index contributed by atoms with van der Waals surface area (Å²) in [5.74, 6) is -0.166. The Kier molecular flexibility index (Phi) is 9.30. The predicted octanol–water partition coefficient (Wildman–Crippen LogP) is 3.78. The summed E-state index contributed by atoms with van der Waals surface area (Å²) >= 11 is 0. The number of carbonyl (C=O) groups excluding carboxylic acids is 1. The molecule has 0 spiro atoms. The van der Waals surface area contributed by atoms with Crippen molar-refractivity contribution < 1.29 is 39.3 Å². The number of carboxylic acids is 1. The molecular weight excluding hydrogens is 521 g/mol. The molecule has 0 aliphatic heterocycles. The van der Waals surface area contributed by atoms with Gasteiger partial charge in [-0.3, -0.25) is 14.2 Å². The van der Waals surface area contributed by atoms with Gasteiger partial charge in [0.25, 0.3) is 0 Å². The second kappa shape index (κ2) is 11.7. The average Bonchev–Trinajstić information content (AvgIpc) is 3.19. The van der Waals surface area contributed by atoms with Crippen molar-refractivity contribution in [2.75, 3.05) is 12.7 Å². The maximum atomic E-state index is 12.3. The van der Waals surface area contributed by atoms with E-state index in [4.69, 9.17) is 9.79 Å². The summed E-state index contributed by atoms with van der Waals surface area (Å²) < 4.78 is 11.2. The molecule has 39 heavy (non-hydrogen) atoms. The molecule has 0 aromatic carbocycles. The SMILES string of the molecule is CC(CCNC(=O)CCC(CP(=O)(O)O)C(=O)O)[C@H]1CCC2C3C(CC[C@@]21C)[C@@]1(C)CC[C@@H](O)CC1C[C@@H]3O. The van der Waals surface area contributed by atoms with Crippen molar-refractivity contribution in [3.63, 3.8) is 0 Å². The average molecular weight is 572 g/mol. The van der Waals surface area contributed by atoms with Crippen LogP contribution in [0.2, 0.25) is 0 Å². The third kappa shape index (κ3) is 6.43. The zero-order valence-corrected chi connectivity index (χ0v) is 24.7. The lowest BCUT2D eigenvalue weighted by molar-refractivity contribution is -0.174. The maximum absolute atomic E-state index is 12.3. The van der Waals surface area contributed by atoms with Gasteiger partial charge in [-0.2, -0.15) is 0 Å². The second-order valence-electron chi connectivity index (χ2n) is 14.0. The summed E-state index contributed by atoms with van der Waals surface area (Å²) in [6.45, 7) is 7.61. The van der Waals surface area contributed by atoms with Crippen LogP contribution in [0.1, 0.15) is 91.4 Å². The van der Waals surface area contributed by atoms with Crippen LogP contribution in [0.5, 0.6) is 0 Å². The number of amides is 1. The fourth-order valence-electron chi connectivity index (χ4n) is 9.79. The molecule has 9 nitrogen and oxygen atoms in total. The van der Waals surface area contributed by atoms with Gasteiger partial charge in [-0.15, -0.1) is 0 Å². The van der Waals surface area contributed by atoms with Crippen LogP contribution in [0.25, 0.3) is 0 Å². The Hall–Kier alpha value is -0.990. The van der Waals surface area contributed by atoms with Gasteiger partial charge < -0.3 is 30.4 Å². The third-order valence-corrected chi connectivity index (χ3v) is 12.8. The van der Waals surface area contributed by atoms with Gasteiger partial charge in [0.15, 0.2) is 0 Å². The summed E-state index contributed by atoms with van der Waals surface area (Å²) in [6.07, 6.45) is 7.49. The van der Waals surface area contributed by atoms with Gasteiger partial charge in [-0.1, -0.05) is 20.8 Å². The number of nitrogens with one attached hydrogen (secondary N) is 1. The van der Waals surface area contributed by atoms with Crippen LogP contribution in [0.4, 0.5) is 0 Å². The number of hydrogen-bond donors (Lipinski definition) is 6. The molecule has 6 N–H and O–H groups in total. The van der Waals surface area contributed by atoms with E-state index >= 15 is 0 Å². The molecule has 4 aliphatic carbocycles. The first-order valence-electron chi connectivity index (χ1n) is 15.1. The zero-order chi connectivity index (χ0) is 28.8. The number of fused-ring (bicyclic) bond motifs is 5. The molecular formula is C29H50NO8P. The number of carboxylic acid groups (broad SMARTS) is 1. The van der Waals surface area contributed by atoms with E-state index < -0.39 is 25.6 Å². The van der Waals surface area contributed by atoms with E-state index in [2.05, 4.69) is 26.1 Å². The van der Waals surface area contributed by atoms with Gasteiger partial charge in [0.1, 0.15) is 0 Å². The van der Waals surface area contributed by atoms with Crippen molar-refractivity contribution in [1.29, 1.82) is 0 Å². The zero-order valence-electron chi connectivity index (χ0n) is 23.8. The van der Waals surface area contributed by atoms with Crippen LogP contribution in [-0.4, -0.2) is 61.9 Å². The van der Waals surface area contributed by atoms with Gasteiger partial charge in [0, 0.05) is 13.0 Å². The first-order valence-corrected chi connectivity index (χ1v) is 16.9. The summed E-state index contributed by atoms with van der Waals surface area (Å²) in [7, 11) is -4.47. The highest BCUT2D eigenvalue weighted by Crippen LogP contribution is 2.68. The molecule has 10 heteroatoms. The first kappa shape index (κ1) is 31.0. The number of aliphatic hydroxyl groups excluding tert-OH is 2. The first-order chi connectivity index (χ1) is 18.2. The molecule has 0 radical (unpaired) electrons. The van der Waals surface area contributed by atoms with Crippen molar-refractivity contribution in [3.8, 4) is 0 Å². The number of aliphatic hydroxyl groups is 2. The lowest BCUT2D eigenvalue weighted by Crippen LogP contribution is -2.58. The van der Waals surface area contributed by atoms with E-state index in [1.807, 2.05) is 0 Å². The Morgan fingerprint density at radius 2 is 1.64 bits per heavy atom. The molecule has 4 aliphatic rings. The molecule has 0 heterocycles. The number of aliphatic carboxylic acids is 1. The quantitative estimate of drug-likeness (QED) is 0.216. The highest BCUT2D eigenvalue weighted by atomic mass is 31.2. The number of carbonyl (C=O) groups is 2. The highest BCUT2D eigenvalue weighted by molar-refractivity contribution is 7.51.